The molecular formula is C19H16N6O2S. The summed E-state index contributed by atoms with van der Waals surface area (Å²) < 4.78 is 1.85. The van der Waals surface area contributed by atoms with Crippen molar-refractivity contribution in [3.05, 3.63) is 66.0 Å². The van der Waals surface area contributed by atoms with E-state index < -0.39 is 5.91 Å². The molecule has 0 aliphatic rings. The minimum Gasteiger partial charge on any atom is -0.493 e. The van der Waals surface area contributed by atoms with Gasteiger partial charge in [0.15, 0.2) is 10.8 Å². The number of hydrogen-bond acceptors (Lipinski definition) is 6. The third-order valence-corrected chi connectivity index (χ3v) is 5.24. The van der Waals surface area contributed by atoms with Crippen LogP contribution in [0.15, 0.2) is 70.2 Å². The number of aromatic hydroxyl groups is 1. The summed E-state index contributed by atoms with van der Waals surface area (Å²) in [6, 6.07) is 14.4. The van der Waals surface area contributed by atoms with Crippen molar-refractivity contribution < 1.29 is 9.90 Å². The molecule has 0 atom stereocenters. The highest BCUT2D eigenvalue weighted by atomic mass is 32.2. The van der Waals surface area contributed by atoms with Crippen molar-refractivity contribution in [2.75, 3.05) is 0 Å². The minimum atomic E-state index is -0.475. The zero-order valence-electron chi connectivity index (χ0n) is 14.9. The lowest BCUT2D eigenvalue weighted by atomic mass is 10.1. The van der Waals surface area contributed by atoms with Crippen LogP contribution in [0.1, 0.15) is 15.9 Å². The van der Waals surface area contributed by atoms with Gasteiger partial charge in [0.2, 0.25) is 5.88 Å². The Balaban J connectivity index is 1.45. The van der Waals surface area contributed by atoms with Gasteiger partial charge in [-0.15, -0.1) is 20.4 Å². The first kappa shape index (κ1) is 17.9. The van der Waals surface area contributed by atoms with Crippen LogP contribution in [0.3, 0.4) is 0 Å². The second-order valence-corrected chi connectivity index (χ2v) is 7.03. The second-order valence-electron chi connectivity index (χ2n) is 6.08. The molecule has 9 heteroatoms. The topological polar surface area (TPSA) is 109 Å². The number of H-pyrrole nitrogens is 1. The van der Waals surface area contributed by atoms with E-state index in [4.69, 9.17) is 0 Å². The molecule has 2 aromatic carbocycles. The molecular weight excluding hydrogens is 376 g/mol. The predicted molar refractivity (Wildman–Crippen MR) is 106 cm³/mol. The highest BCUT2D eigenvalue weighted by Crippen LogP contribution is 2.35. The summed E-state index contributed by atoms with van der Waals surface area (Å²) in [5, 5.41) is 27.1. The lowest BCUT2D eigenvalue weighted by Crippen LogP contribution is -1.94. The number of para-hydroxylation sites is 1. The van der Waals surface area contributed by atoms with Crippen molar-refractivity contribution in [1.29, 1.82) is 0 Å². The van der Waals surface area contributed by atoms with Crippen LogP contribution < -0.4 is 0 Å². The number of aromatic nitrogens is 4. The molecule has 0 bridgehead atoms. The summed E-state index contributed by atoms with van der Waals surface area (Å²) in [6.45, 7) is 0. The van der Waals surface area contributed by atoms with Crippen LogP contribution in [0.2, 0.25) is 0 Å². The minimum absolute atomic E-state index is 0.117. The Morgan fingerprint density at radius 2 is 2.00 bits per heavy atom. The highest BCUT2D eigenvalue weighted by Gasteiger charge is 2.11. The maximum atomic E-state index is 12.3. The van der Waals surface area contributed by atoms with Gasteiger partial charge in [0.25, 0.3) is 5.91 Å². The number of thioether (sulfide) groups is 1. The number of hydrogen-bond donors (Lipinski definition) is 2. The van der Waals surface area contributed by atoms with E-state index >= 15 is 0 Å². The number of azo groups is 1. The molecule has 2 heterocycles. The normalized spacial score (nSPS) is 11.5. The predicted octanol–water partition coefficient (Wildman–Crippen LogP) is 4.22. The van der Waals surface area contributed by atoms with Crippen molar-refractivity contribution in [2.45, 2.75) is 10.9 Å². The number of aryl methyl sites for hydroxylation is 1. The van der Waals surface area contributed by atoms with Gasteiger partial charge in [0.1, 0.15) is 6.33 Å². The van der Waals surface area contributed by atoms with Crippen molar-refractivity contribution in [1.82, 2.24) is 19.7 Å². The number of amides is 1. The lowest BCUT2D eigenvalue weighted by molar-refractivity contribution is 0.0995. The fourth-order valence-corrected chi connectivity index (χ4v) is 3.51. The van der Waals surface area contributed by atoms with E-state index in [0.717, 1.165) is 16.2 Å². The molecule has 0 aliphatic carbocycles. The first-order valence-electron chi connectivity index (χ1n) is 8.43. The third-order valence-electron chi connectivity index (χ3n) is 4.14. The number of aromatic amines is 1. The molecule has 1 amide bonds. The van der Waals surface area contributed by atoms with Gasteiger partial charge in [-0.1, -0.05) is 42.1 Å². The van der Waals surface area contributed by atoms with Gasteiger partial charge in [0, 0.05) is 23.8 Å². The quantitative estimate of drug-likeness (QED) is 0.390. The Hall–Kier alpha value is -3.46. The number of nitrogens with zero attached hydrogens (tertiary/aromatic N) is 5. The average Bonchev–Trinajstić information content (AvgIpc) is 3.26. The molecule has 0 saturated carbocycles. The van der Waals surface area contributed by atoms with E-state index in [1.807, 2.05) is 41.9 Å². The van der Waals surface area contributed by atoms with Gasteiger partial charge in [-0.25, -0.2) is 0 Å². The zero-order valence-corrected chi connectivity index (χ0v) is 15.7. The van der Waals surface area contributed by atoms with E-state index in [1.165, 1.54) is 0 Å². The van der Waals surface area contributed by atoms with Gasteiger partial charge in [0.05, 0.1) is 5.52 Å². The largest absolute Gasteiger partial charge is 0.493 e. The Morgan fingerprint density at radius 1 is 1.21 bits per heavy atom. The fourth-order valence-electron chi connectivity index (χ4n) is 2.66. The molecule has 4 aromatic rings. The third kappa shape index (κ3) is 3.65. The SMILES string of the molecule is Cn1cnnc1SCc1ccc(C(=O)N=Nc2c(O)[nH]c3ccccc23)cc1. The zero-order chi connectivity index (χ0) is 19.5. The summed E-state index contributed by atoms with van der Waals surface area (Å²) in [5.41, 5.74) is 2.46. The van der Waals surface area contributed by atoms with Crippen LogP contribution in [0.25, 0.3) is 10.9 Å². The molecule has 140 valence electrons. The summed E-state index contributed by atoms with van der Waals surface area (Å²) in [6.07, 6.45) is 1.65. The number of carbonyl (C=O) groups is 1. The van der Waals surface area contributed by atoms with Gasteiger partial charge in [-0.2, -0.15) is 0 Å². The maximum Gasteiger partial charge on any atom is 0.295 e. The highest BCUT2D eigenvalue weighted by molar-refractivity contribution is 7.98. The lowest BCUT2D eigenvalue weighted by Gasteiger charge is -2.02. The maximum absolute atomic E-state index is 12.3. The smallest absolute Gasteiger partial charge is 0.295 e. The summed E-state index contributed by atoms with van der Waals surface area (Å²) >= 11 is 1.56. The first-order valence-corrected chi connectivity index (χ1v) is 9.42. The molecule has 0 unspecified atom stereocenters. The number of carbonyl (C=O) groups excluding carboxylic acids is 1. The Labute approximate surface area is 164 Å². The number of fused-ring (bicyclic) bond motifs is 1. The van der Waals surface area contributed by atoms with Gasteiger partial charge >= 0.3 is 0 Å². The number of nitrogens with one attached hydrogen (secondary N) is 1. The van der Waals surface area contributed by atoms with Crippen LogP contribution >= 0.6 is 11.8 Å². The molecule has 28 heavy (non-hydrogen) atoms. The molecule has 0 saturated heterocycles. The summed E-state index contributed by atoms with van der Waals surface area (Å²) in [7, 11) is 1.89. The standard InChI is InChI=1S/C19H16N6O2S/c1-25-11-20-24-19(25)28-10-12-6-8-13(9-7-12)17(26)23-22-16-14-4-2-3-5-15(14)21-18(16)27/h2-9,11,21,27H,10H2,1H3. The van der Waals surface area contributed by atoms with Gasteiger partial charge in [-0.05, 0) is 23.8 Å². The molecule has 8 nitrogen and oxygen atoms in total. The Bertz CT molecular complexity index is 1160. The summed E-state index contributed by atoms with van der Waals surface area (Å²) in [4.78, 5) is 15.1. The monoisotopic (exact) mass is 392 g/mol. The van der Waals surface area contributed by atoms with Crippen molar-refractivity contribution in [3.8, 4) is 5.88 Å². The number of rotatable bonds is 5. The molecule has 2 aromatic heterocycles. The molecule has 4 rings (SSSR count). The van der Waals surface area contributed by atoms with Crippen LogP contribution in [0.4, 0.5) is 5.69 Å². The van der Waals surface area contributed by atoms with E-state index in [1.54, 1.807) is 36.3 Å². The van der Waals surface area contributed by atoms with E-state index in [2.05, 4.69) is 25.4 Å². The molecule has 0 aliphatic heterocycles. The van der Waals surface area contributed by atoms with Crippen molar-refractivity contribution in [2.24, 2.45) is 17.3 Å². The van der Waals surface area contributed by atoms with Crippen LogP contribution in [-0.4, -0.2) is 30.8 Å². The molecule has 0 radical (unpaired) electrons. The molecule has 0 fully saturated rings. The average molecular weight is 392 g/mol. The van der Waals surface area contributed by atoms with Crippen LogP contribution in [0.5, 0.6) is 5.88 Å². The van der Waals surface area contributed by atoms with E-state index in [0.29, 0.717) is 16.7 Å². The van der Waals surface area contributed by atoms with Crippen molar-refractivity contribution in [3.63, 3.8) is 0 Å². The molecule has 0 spiro atoms. The Morgan fingerprint density at radius 3 is 2.75 bits per heavy atom. The van der Waals surface area contributed by atoms with Crippen LogP contribution in [0, 0.1) is 0 Å². The molecule has 2 N–H and O–H groups in total. The first-order chi connectivity index (χ1) is 13.6. The number of benzene rings is 2. The summed E-state index contributed by atoms with van der Waals surface area (Å²) in [5.74, 6) is 0.122. The van der Waals surface area contributed by atoms with E-state index in [-0.39, 0.29) is 11.6 Å². The second kappa shape index (κ2) is 7.65. The van der Waals surface area contributed by atoms with Crippen LogP contribution in [-0.2, 0) is 12.8 Å². The fraction of sp³-hybridized carbons (Fsp3) is 0.105. The van der Waals surface area contributed by atoms with Gasteiger partial charge in [-0.3, -0.25) is 4.79 Å². The Kier molecular flexibility index (Phi) is 4.90. The van der Waals surface area contributed by atoms with Crippen molar-refractivity contribution >= 4 is 34.3 Å². The van der Waals surface area contributed by atoms with E-state index in [9.17, 15) is 9.90 Å². The van der Waals surface area contributed by atoms with Gasteiger partial charge < -0.3 is 14.7 Å².